The molecule has 0 saturated heterocycles. The van der Waals surface area contributed by atoms with Crippen molar-refractivity contribution in [3.05, 3.63) is 59.8 Å². The van der Waals surface area contributed by atoms with Crippen LogP contribution in [0.25, 0.3) is 11.3 Å². The fourth-order valence-corrected chi connectivity index (χ4v) is 2.22. The number of ether oxygens (including phenoxy) is 1. The lowest BCUT2D eigenvalue weighted by atomic mass is 10.1. The molecular formula is C17H13F3N4O. The molecule has 0 bridgehead atoms. The number of alkyl halides is 3. The molecule has 0 aliphatic rings. The molecule has 0 amide bonds. The molecule has 3 rings (SSSR count). The van der Waals surface area contributed by atoms with Gasteiger partial charge in [0.1, 0.15) is 22.9 Å². The first-order valence-corrected chi connectivity index (χ1v) is 7.26. The van der Waals surface area contributed by atoms with Crippen LogP contribution in [0.5, 0.6) is 11.5 Å². The van der Waals surface area contributed by atoms with Crippen LogP contribution < -0.4 is 4.74 Å². The van der Waals surface area contributed by atoms with Crippen molar-refractivity contribution in [3.8, 4) is 22.8 Å². The molecule has 0 saturated carbocycles. The van der Waals surface area contributed by atoms with Gasteiger partial charge in [0.2, 0.25) is 0 Å². The quantitative estimate of drug-likeness (QED) is 0.715. The van der Waals surface area contributed by atoms with Crippen molar-refractivity contribution in [1.29, 1.82) is 0 Å². The maximum absolute atomic E-state index is 12.7. The summed E-state index contributed by atoms with van der Waals surface area (Å²) in [7, 11) is 1.63. The van der Waals surface area contributed by atoms with Crippen molar-refractivity contribution < 1.29 is 17.9 Å². The van der Waals surface area contributed by atoms with Gasteiger partial charge in [-0.15, -0.1) is 0 Å². The SMILES string of the molecule is CN=Cc1n[nH]nc1-c1ccc(Oc2cccc(C(F)(F)F)c2)cc1. The lowest BCUT2D eigenvalue weighted by Crippen LogP contribution is -2.04. The first-order chi connectivity index (χ1) is 12.0. The van der Waals surface area contributed by atoms with Crippen molar-refractivity contribution in [3.63, 3.8) is 0 Å². The molecule has 1 N–H and O–H groups in total. The van der Waals surface area contributed by atoms with E-state index >= 15 is 0 Å². The topological polar surface area (TPSA) is 63.2 Å². The molecule has 0 atom stereocenters. The predicted molar refractivity (Wildman–Crippen MR) is 86.9 cm³/mol. The van der Waals surface area contributed by atoms with Gasteiger partial charge in [-0.3, -0.25) is 4.99 Å². The van der Waals surface area contributed by atoms with Crippen LogP contribution in [0, 0.1) is 0 Å². The third kappa shape index (κ3) is 3.85. The number of nitrogens with zero attached hydrogens (tertiary/aromatic N) is 3. The number of hydrogen-bond donors (Lipinski definition) is 1. The molecule has 8 heteroatoms. The molecule has 0 spiro atoms. The summed E-state index contributed by atoms with van der Waals surface area (Å²) in [4.78, 5) is 3.90. The summed E-state index contributed by atoms with van der Waals surface area (Å²) < 4.78 is 43.7. The van der Waals surface area contributed by atoms with E-state index in [0.717, 1.165) is 17.7 Å². The molecule has 128 valence electrons. The number of aromatic nitrogens is 3. The highest BCUT2D eigenvalue weighted by atomic mass is 19.4. The van der Waals surface area contributed by atoms with Gasteiger partial charge < -0.3 is 4.74 Å². The van der Waals surface area contributed by atoms with E-state index in [-0.39, 0.29) is 5.75 Å². The standard InChI is InChI=1S/C17H13F3N4O/c1-21-10-15-16(23-24-22-15)11-5-7-13(8-6-11)25-14-4-2-3-12(9-14)17(18,19)20/h2-10H,1H3,(H,22,23,24). The Labute approximate surface area is 141 Å². The van der Waals surface area contributed by atoms with Gasteiger partial charge in [0, 0.05) is 12.6 Å². The monoisotopic (exact) mass is 346 g/mol. The molecule has 1 heterocycles. The Balaban J connectivity index is 1.81. The van der Waals surface area contributed by atoms with Crippen molar-refractivity contribution in [2.24, 2.45) is 4.99 Å². The first kappa shape index (κ1) is 16.7. The molecule has 3 aromatic rings. The second-order valence-electron chi connectivity index (χ2n) is 5.10. The zero-order valence-corrected chi connectivity index (χ0v) is 13.1. The highest BCUT2D eigenvalue weighted by molar-refractivity contribution is 5.86. The van der Waals surface area contributed by atoms with E-state index in [1.54, 1.807) is 37.5 Å². The summed E-state index contributed by atoms with van der Waals surface area (Å²) in [6.07, 6.45) is -2.83. The van der Waals surface area contributed by atoms with E-state index in [0.29, 0.717) is 17.1 Å². The predicted octanol–water partition coefficient (Wildman–Crippen LogP) is 4.33. The Morgan fingerprint density at radius 2 is 1.80 bits per heavy atom. The largest absolute Gasteiger partial charge is 0.457 e. The van der Waals surface area contributed by atoms with Crippen LogP contribution in [0.2, 0.25) is 0 Å². The molecule has 0 aliphatic carbocycles. The zero-order chi connectivity index (χ0) is 17.9. The van der Waals surface area contributed by atoms with Gasteiger partial charge in [-0.2, -0.15) is 28.6 Å². The Hall–Kier alpha value is -3.16. The summed E-state index contributed by atoms with van der Waals surface area (Å²) in [5, 5.41) is 10.6. The maximum Gasteiger partial charge on any atom is 0.416 e. The number of nitrogens with one attached hydrogen (secondary N) is 1. The summed E-state index contributed by atoms with van der Waals surface area (Å²) >= 11 is 0. The van der Waals surface area contributed by atoms with Gasteiger partial charge in [0.05, 0.1) is 11.8 Å². The van der Waals surface area contributed by atoms with Crippen LogP contribution >= 0.6 is 0 Å². The van der Waals surface area contributed by atoms with Crippen molar-refractivity contribution in [1.82, 2.24) is 15.4 Å². The lowest BCUT2D eigenvalue weighted by molar-refractivity contribution is -0.137. The normalized spacial score (nSPS) is 11.8. The summed E-state index contributed by atoms with van der Waals surface area (Å²) in [5.41, 5.74) is 1.23. The summed E-state index contributed by atoms with van der Waals surface area (Å²) in [6, 6.07) is 11.5. The highest BCUT2D eigenvalue weighted by Crippen LogP contribution is 2.33. The van der Waals surface area contributed by atoms with E-state index in [1.807, 2.05) is 0 Å². The van der Waals surface area contributed by atoms with Gasteiger partial charge in [0.25, 0.3) is 0 Å². The van der Waals surface area contributed by atoms with E-state index in [2.05, 4.69) is 20.4 Å². The smallest absolute Gasteiger partial charge is 0.416 e. The number of H-pyrrole nitrogens is 1. The summed E-state index contributed by atoms with van der Waals surface area (Å²) in [6.45, 7) is 0. The minimum Gasteiger partial charge on any atom is -0.457 e. The zero-order valence-electron chi connectivity index (χ0n) is 13.1. The Kier molecular flexibility index (Phi) is 4.51. The van der Waals surface area contributed by atoms with Gasteiger partial charge in [-0.05, 0) is 42.5 Å². The average Bonchev–Trinajstić information content (AvgIpc) is 3.04. The molecule has 0 radical (unpaired) electrons. The van der Waals surface area contributed by atoms with E-state index in [9.17, 15) is 13.2 Å². The number of hydrogen-bond acceptors (Lipinski definition) is 4. The van der Waals surface area contributed by atoms with Gasteiger partial charge >= 0.3 is 6.18 Å². The summed E-state index contributed by atoms with van der Waals surface area (Å²) in [5.74, 6) is 0.528. The molecular weight excluding hydrogens is 333 g/mol. The van der Waals surface area contributed by atoms with Gasteiger partial charge in [0.15, 0.2) is 0 Å². The van der Waals surface area contributed by atoms with Crippen LogP contribution in [-0.2, 0) is 6.18 Å². The first-order valence-electron chi connectivity index (χ1n) is 7.26. The van der Waals surface area contributed by atoms with Crippen molar-refractivity contribution in [2.45, 2.75) is 6.18 Å². The third-order valence-corrected chi connectivity index (χ3v) is 3.35. The number of halogens is 3. The number of rotatable bonds is 4. The number of aromatic amines is 1. The molecule has 0 fully saturated rings. The number of benzene rings is 2. The average molecular weight is 346 g/mol. The Morgan fingerprint density at radius 1 is 1.04 bits per heavy atom. The van der Waals surface area contributed by atoms with E-state index in [1.165, 1.54) is 12.1 Å². The Morgan fingerprint density at radius 3 is 2.48 bits per heavy atom. The van der Waals surface area contributed by atoms with Crippen LogP contribution in [-0.4, -0.2) is 28.7 Å². The lowest BCUT2D eigenvalue weighted by Gasteiger charge is -2.10. The van der Waals surface area contributed by atoms with E-state index in [4.69, 9.17) is 4.74 Å². The van der Waals surface area contributed by atoms with Crippen molar-refractivity contribution in [2.75, 3.05) is 7.05 Å². The van der Waals surface area contributed by atoms with Gasteiger partial charge in [-0.25, -0.2) is 0 Å². The molecule has 5 nitrogen and oxygen atoms in total. The van der Waals surface area contributed by atoms with E-state index < -0.39 is 11.7 Å². The molecule has 2 aromatic carbocycles. The van der Waals surface area contributed by atoms with Crippen LogP contribution in [0.1, 0.15) is 11.3 Å². The fourth-order valence-electron chi connectivity index (χ4n) is 2.22. The Bertz CT molecular complexity index is 885. The van der Waals surface area contributed by atoms with Crippen LogP contribution in [0.4, 0.5) is 13.2 Å². The minimum absolute atomic E-state index is 0.114. The molecule has 25 heavy (non-hydrogen) atoms. The molecule has 1 aromatic heterocycles. The highest BCUT2D eigenvalue weighted by Gasteiger charge is 2.30. The second-order valence-corrected chi connectivity index (χ2v) is 5.10. The maximum atomic E-state index is 12.7. The fraction of sp³-hybridized carbons (Fsp3) is 0.118. The molecule has 0 unspecified atom stereocenters. The van der Waals surface area contributed by atoms with Crippen LogP contribution in [0.15, 0.2) is 53.5 Å². The number of aliphatic imine (C=N–C) groups is 1. The second kappa shape index (κ2) is 6.76. The van der Waals surface area contributed by atoms with Gasteiger partial charge in [-0.1, -0.05) is 6.07 Å². The molecule has 0 aliphatic heterocycles. The minimum atomic E-state index is -4.41. The van der Waals surface area contributed by atoms with Crippen molar-refractivity contribution >= 4 is 6.21 Å². The third-order valence-electron chi connectivity index (χ3n) is 3.35. The van der Waals surface area contributed by atoms with Crippen LogP contribution in [0.3, 0.4) is 0 Å².